The lowest BCUT2D eigenvalue weighted by Crippen LogP contribution is -2.36. The zero-order valence-electron chi connectivity index (χ0n) is 11.6. The molecule has 1 amide bonds. The van der Waals surface area contributed by atoms with E-state index < -0.39 is 0 Å². The van der Waals surface area contributed by atoms with Crippen molar-refractivity contribution in [1.29, 1.82) is 0 Å². The van der Waals surface area contributed by atoms with E-state index in [0.717, 1.165) is 17.3 Å². The SMILES string of the molecule is CC(N)CC(C)NC(=O)c1nn(C)c2ccccc12. The number of hydrogen-bond donors (Lipinski definition) is 2. The number of nitrogens with one attached hydrogen (secondary N) is 1. The van der Waals surface area contributed by atoms with E-state index in [1.807, 2.05) is 45.2 Å². The van der Waals surface area contributed by atoms with Gasteiger partial charge in [0.15, 0.2) is 5.69 Å². The normalized spacial score (nSPS) is 14.3. The summed E-state index contributed by atoms with van der Waals surface area (Å²) in [6.07, 6.45) is 0.747. The number of nitrogens with two attached hydrogens (primary N) is 1. The molecular formula is C14H20N4O. The third-order valence-electron chi connectivity index (χ3n) is 3.08. The minimum absolute atomic E-state index is 0.0354. The summed E-state index contributed by atoms with van der Waals surface area (Å²) in [5.74, 6) is -0.148. The molecule has 19 heavy (non-hydrogen) atoms. The number of aromatic nitrogens is 2. The lowest BCUT2D eigenvalue weighted by molar-refractivity contribution is 0.0933. The molecule has 1 aromatic heterocycles. The van der Waals surface area contributed by atoms with Crippen LogP contribution in [0.2, 0.25) is 0 Å². The maximum atomic E-state index is 12.2. The minimum Gasteiger partial charge on any atom is -0.348 e. The number of nitrogens with zero attached hydrogens (tertiary/aromatic N) is 2. The molecule has 0 saturated heterocycles. The van der Waals surface area contributed by atoms with Gasteiger partial charge in [0, 0.05) is 24.5 Å². The number of rotatable bonds is 4. The van der Waals surface area contributed by atoms with Gasteiger partial charge < -0.3 is 11.1 Å². The van der Waals surface area contributed by atoms with Gasteiger partial charge in [-0.1, -0.05) is 18.2 Å². The second-order valence-electron chi connectivity index (χ2n) is 5.08. The smallest absolute Gasteiger partial charge is 0.272 e. The van der Waals surface area contributed by atoms with Gasteiger partial charge in [-0.05, 0) is 26.3 Å². The lowest BCUT2D eigenvalue weighted by Gasteiger charge is -2.15. The third kappa shape index (κ3) is 2.93. The van der Waals surface area contributed by atoms with Crippen molar-refractivity contribution in [2.75, 3.05) is 0 Å². The molecule has 0 aliphatic rings. The first kappa shape index (κ1) is 13.5. The zero-order chi connectivity index (χ0) is 14.0. The first-order valence-electron chi connectivity index (χ1n) is 6.47. The standard InChI is InChI=1S/C14H20N4O/c1-9(15)8-10(2)16-14(19)13-11-6-4-5-7-12(11)18(3)17-13/h4-7,9-10H,8,15H2,1-3H3,(H,16,19). The summed E-state index contributed by atoms with van der Waals surface area (Å²) in [6.45, 7) is 3.88. The fraction of sp³-hybridized carbons (Fsp3) is 0.429. The molecule has 102 valence electrons. The molecular weight excluding hydrogens is 240 g/mol. The second kappa shape index (κ2) is 5.40. The van der Waals surface area contributed by atoms with Crippen molar-refractivity contribution in [3.63, 3.8) is 0 Å². The Balaban J connectivity index is 2.22. The Morgan fingerprint density at radius 1 is 1.42 bits per heavy atom. The molecule has 2 aromatic rings. The van der Waals surface area contributed by atoms with Crippen molar-refractivity contribution in [3.8, 4) is 0 Å². The molecule has 0 spiro atoms. The van der Waals surface area contributed by atoms with Crippen LogP contribution in [0.3, 0.4) is 0 Å². The third-order valence-corrected chi connectivity index (χ3v) is 3.08. The molecule has 2 unspecified atom stereocenters. The largest absolute Gasteiger partial charge is 0.348 e. The van der Waals surface area contributed by atoms with Gasteiger partial charge in [-0.3, -0.25) is 9.48 Å². The van der Waals surface area contributed by atoms with Gasteiger partial charge in [0.05, 0.1) is 5.52 Å². The van der Waals surface area contributed by atoms with Gasteiger partial charge in [0.2, 0.25) is 0 Å². The molecule has 1 heterocycles. The fourth-order valence-corrected chi connectivity index (χ4v) is 2.29. The van der Waals surface area contributed by atoms with Crippen LogP contribution < -0.4 is 11.1 Å². The van der Waals surface area contributed by atoms with Crippen LogP contribution in [-0.2, 0) is 7.05 Å². The maximum absolute atomic E-state index is 12.2. The average Bonchev–Trinajstić information content (AvgIpc) is 2.66. The van der Waals surface area contributed by atoms with Gasteiger partial charge >= 0.3 is 0 Å². The van der Waals surface area contributed by atoms with E-state index in [0.29, 0.717) is 5.69 Å². The van der Waals surface area contributed by atoms with Crippen LogP contribution in [0.25, 0.3) is 10.9 Å². The number of fused-ring (bicyclic) bond motifs is 1. The number of amides is 1. The molecule has 2 atom stereocenters. The molecule has 0 aliphatic heterocycles. The Bertz CT molecular complexity index is 588. The molecule has 0 saturated carbocycles. The van der Waals surface area contributed by atoms with Crippen LogP contribution in [0.1, 0.15) is 30.8 Å². The quantitative estimate of drug-likeness (QED) is 0.873. The molecule has 3 N–H and O–H groups in total. The van der Waals surface area contributed by atoms with Gasteiger partial charge in [-0.2, -0.15) is 5.10 Å². The highest BCUT2D eigenvalue weighted by Crippen LogP contribution is 2.17. The molecule has 5 nitrogen and oxygen atoms in total. The predicted molar refractivity (Wildman–Crippen MR) is 75.9 cm³/mol. The summed E-state index contributed by atoms with van der Waals surface area (Å²) in [7, 11) is 1.84. The summed E-state index contributed by atoms with van der Waals surface area (Å²) >= 11 is 0. The summed E-state index contributed by atoms with van der Waals surface area (Å²) in [6, 6.07) is 7.80. The van der Waals surface area contributed by atoms with E-state index in [2.05, 4.69) is 10.4 Å². The molecule has 2 rings (SSSR count). The van der Waals surface area contributed by atoms with Crippen molar-refractivity contribution >= 4 is 16.8 Å². The van der Waals surface area contributed by atoms with Crippen LogP contribution in [-0.4, -0.2) is 27.8 Å². The molecule has 1 aromatic carbocycles. The topological polar surface area (TPSA) is 72.9 Å². The summed E-state index contributed by atoms with van der Waals surface area (Å²) in [4.78, 5) is 12.2. The highest BCUT2D eigenvalue weighted by molar-refractivity contribution is 6.04. The van der Waals surface area contributed by atoms with Crippen LogP contribution in [0.15, 0.2) is 24.3 Å². The van der Waals surface area contributed by atoms with Gasteiger partial charge in [-0.25, -0.2) is 0 Å². The van der Waals surface area contributed by atoms with E-state index in [-0.39, 0.29) is 18.0 Å². The zero-order valence-corrected chi connectivity index (χ0v) is 11.6. The second-order valence-corrected chi connectivity index (χ2v) is 5.08. The Labute approximate surface area is 112 Å². The van der Waals surface area contributed by atoms with Gasteiger partial charge in [0.25, 0.3) is 5.91 Å². The van der Waals surface area contributed by atoms with Crippen molar-refractivity contribution in [1.82, 2.24) is 15.1 Å². The van der Waals surface area contributed by atoms with E-state index in [9.17, 15) is 4.79 Å². The lowest BCUT2D eigenvalue weighted by atomic mass is 10.1. The van der Waals surface area contributed by atoms with E-state index >= 15 is 0 Å². The number of carbonyl (C=O) groups excluding carboxylic acids is 1. The minimum atomic E-state index is -0.148. The number of para-hydroxylation sites is 1. The monoisotopic (exact) mass is 260 g/mol. The first-order valence-corrected chi connectivity index (χ1v) is 6.47. The highest BCUT2D eigenvalue weighted by Gasteiger charge is 2.17. The number of aryl methyl sites for hydroxylation is 1. The Kier molecular flexibility index (Phi) is 3.85. The van der Waals surface area contributed by atoms with Crippen LogP contribution in [0, 0.1) is 0 Å². The van der Waals surface area contributed by atoms with Crippen molar-refractivity contribution in [2.24, 2.45) is 12.8 Å². The Morgan fingerprint density at radius 2 is 2.11 bits per heavy atom. The molecule has 0 fully saturated rings. The van der Waals surface area contributed by atoms with Crippen LogP contribution in [0.4, 0.5) is 0 Å². The predicted octanol–water partition coefficient (Wildman–Crippen LogP) is 1.43. The van der Waals surface area contributed by atoms with Gasteiger partial charge in [-0.15, -0.1) is 0 Å². The summed E-state index contributed by atoms with van der Waals surface area (Å²) in [5, 5.41) is 8.10. The number of carbonyl (C=O) groups is 1. The van der Waals surface area contributed by atoms with E-state index in [4.69, 9.17) is 5.73 Å². The van der Waals surface area contributed by atoms with Crippen molar-refractivity contribution < 1.29 is 4.79 Å². The Hall–Kier alpha value is -1.88. The number of benzene rings is 1. The number of hydrogen-bond acceptors (Lipinski definition) is 3. The molecule has 0 bridgehead atoms. The molecule has 0 radical (unpaired) electrons. The fourth-order valence-electron chi connectivity index (χ4n) is 2.29. The van der Waals surface area contributed by atoms with E-state index in [1.165, 1.54) is 0 Å². The average molecular weight is 260 g/mol. The van der Waals surface area contributed by atoms with Crippen molar-refractivity contribution in [2.45, 2.75) is 32.4 Å². The maximum Gasteiger partial charge on any atom is 0.272 e. The Morgan fingerprint density at radius 3 is 2.79 bits per heavy atom. The molecule has 5 heteroatoms. The molecule has 0 aliphatic carbocycles. The van der Waals surface area contributed by atoms with E-state index in [1.54, 1.807) is 4.68 Å². The summed E-state index contributed by atoms with van der Waals surface area (Å²) < 4.78 is 1.72. The highest BCUT2D eigenvalue weighted by atomic mass is 16.2. The van der Waals surface area contributed by atoms with Gasteiger partial charge in [0.1, 0.15) is 0 Å². The van der Waals surface area contributed by atoms with Crippen LogP contribution >= 0.6 is 0 Å². The van der Waals surface area contributed by atoms with Crippen molar-refractivity contribution in [3.05, 3.63) is 30.0 Å². The summed E-state index contributed by atoms with van der Waals surface area (Å²) in [5.41, 5.74) is 7.15. The first-order chi connectivity index (χ1) is 8.99. The van der Waals surface area contributed by atoms with Crippen LogP contribution in [0.5, 0.6) is 0 Å².